The second kappa shape index (κ2) is 14.4. The minimum absolute atomic E-state index is 0.0492. The maximum atomic E-state index is 14.6. The monoisotopic (exact) mass is 680 g/mol. The Morgan fingerprint density at radius 1 is 1.10 bits per heavy atom. The number of carbonyl (C=O) groups excluding carboxylic acids is 3. The number of nitrogens with one attached hydrogen (secondary N) is 3. The minimum atomic E-state index is -1.55. The molecule has 13 heteroatoms. The topological polar surface area (TPSA) is 157 Å². The lowest BCUT2D eigenvalue weighted by Gasteiger charge is -2.49. The van der Waals surface area contributed by atoms with E-state index in [-0.39, 0.29) is 42.9 Å². The average Bonchev–Trinajstić information content (AvgIpc) is 3.80. The molecular formula is C35H60N4O9. The standard InChI is InChI=1S/C35H60N4O9/c1-10-25-35(7)27(38-32(43)48-35)21(4)36-17-19(2)16-34(6)29(20(3)28(41)33(5,13-14-44-34)31(42)46-25)47-30-26(40)24(39(8)9)15-23(45-30)18-37-22-11-12-22/h19-27,29-30,36-37,40H,10-18H2,1-9H3,(H,38,43)/t19-,20+,21-,23+,24+,25-,26-,27-,29-,30+,33-,34-,35-/m1/s1. The Hall–Kier alpha value is -1.87. The number of hydrogen-bond donors (Lipinski definition) is 4. The number of aliphatic hydroxyl groups excluding tert-OH is 1. The van der Waals surface area contributed by atoms with Crippen LogP contribution in [0.15, 0.2) is 0 Å². The van der Waals surface area contributed by atoms with E-state index >= 15 is 0 Å². The Morgan fingerprint density at radius 2 is 1.81 bits per heavy atom. The van der Waals surface area contributed by atoms with Crippen LogP contribution >= 0.6 is 0 Å². The summed E-state index contributed by atoms with van der Waals surface area (Å²) in [6.07, 6.45) is -0.456. The van der Waals surface area contributed by atoms with E-state index in [4.69, 9.17) is 23.7 Å². The van der Waals surface area contributed by atoms with Crippen LogP contribution in [0.1, 0.15) is 87.0 Å². The summed E-state index contributed by atoms with van der Waals surface area (Å²) in [5, 5.41) is 21.6. The van der Waals surface area contributed by atoms with Crippen molar-refractivity contribution >= 4 is 17.8 Å². The van der Waals surface area contributed by atoms with E-state index in [1.165, 1.54) is 0 Å². The van der Waals surface area contributed by atoms with Gasteiger partial charge >= 0.3 is 12.1 Å². The van der Waals surface area contributed by atoms with Gasteiger partial charge in [-0.2, -0.15) is 0 Å². The highest BCUT2D eigenvalue weighted by Gasteiger charge is 2.58. The normalized spacial score (nSPS) is 46.2. The number of likely N-dealkylation sites (N-methyl/N-ethyl adjacent to an activating group) is 1. The Kier molecular flexibility index (Phi) is 11.2. The molecule has 1 saturated carbocycles. The third-order valence-electron chi connectivity index (χ3n) is 11.7. The molecule has 5 saturated heterocycles. The molecule has 13 atom stereocenters. The molecule has 0 radical (unpaired) electrons. The van der Waals surface area contributed by atoms with Gasteiger partial charge in [-0.1, -0.05) is 20.8 Å². The zero-order chi connectivity index (χ0) is 35.2. The van der Waals surface area contributed by atoms with Crippen LogP contribution in [0.3, 0.4) is 0 Å². The second-order valence-corrected chi connectivity index (χ2v) is 16.0. The van der Waals surface area contributed by atoms with Gasteiger partial charge in [0.25, 0.3) is 0 Å². The molecule has 48 heavy (non-hydrogen) atoms. The molecular weight excluding hydrogens is 620 g/mol. The van der Waals surface area contributed by atoms with E-state index in [0.29, 0.717) is 38.4 Å². The lowest BCUT2D eigenvalue weighted by atomic mass is 9.70. The van der Waals surface area contributed by atoms with Crippen molar-refractivity contribution < 1.29 is 43.2 Å². The van der Waals surface area contributed by atoms with Gasteiger partial charge in [-0.25, -0.2) is 4.79 Å². The predicted molar refractivity (Wildman–Crippen MR) is 177 cm³/mol. The van der Waals surface area contributed by atoms with Crippen molar-refractivity contribution in [1.82, 2.24) is 20.9 Å². The molecule has 4 N–H and O–H groups in total. The molecule has 274 valence electrons. The van der Waals surface area contributed by atoms with Crippen LogP contribution in [0.4, 0.5) is 4.79 Å². The van der Waals surface area contributed by atoms with E-state index in [9.17, 15) is 19.5 Å². The summed E-state index contributed by atoms with van der Waals surface area (Å²) in [6, 6.07) is -0.432. The second-order valence-electron chi connectivity index (χ2n) is 16.0. The number of alkyl carbamates (subject to hydrolysis) is 1. The quantitative estimate of drug-likeness (QED) is 0.230. The van der Waals surface area contributed by atoms with E-state index in [0.717, 1.165) is 12.8 Å². The van der Waals surface area contributed by atoms with Gasteiger partial charge in [0.05, 0.1) is 23.9 Å². The first-order valence-electron chi connectivity index (χ1n) is 18.0. The van der Waals surface area contributed by atoms with Crippen LogP contribution in [0.25, 0.3) is 0 Å². The van der Waals surface area contributed by atoms with Crippen molar-refractivity contribution in [2.24, 2.45) is 17.3 Å². The highest BCUT2D eigenvalue weighted by atomic mass is 16.7. The van der Waals surface area contributed by atoms with Gasteiger partial charge in [-0.15, -0.1) is 0 Å². The SMILES string of the molecule is CC[C@H]1OC(=O)[C@]2(C)CCO[C@](C)(C[C@@H](C)CN[C@H](C)[C@H]3NC(=O)O[C@@]31C)[C@H](O[C@@H]1O[C@H](CNC3CC3)C[C@H](N(C)C)[C@H]1O)[C@@H](C)C2=O. The molecule has 0 aromatic heterocycles. The van der Waals surface area contributed by atoms with E-state index in [2.05, 4.69) is 22.9 Å². The number of aliphatic hydroxyl groups is 1. The van der Waals surface area contributed by atoms with Crippen molar-refractivity contribution in [3.8, 4) is 0 Å². The fourth-order valence-electron chi connectivity index (χ4n) is 8.49. The number of fused-ring (bicyclic) bond motifs is 10. The predicted octanol–water partition coefficient (Wildman–Crippen LogP) is 2.13. The molecule has 1 aliphatic carbocycles. The molecule has 5 heterocycles. The first kappa shape index (κ1) is 37.4. The number of amides is 1. The van der Waals surface area contributed by atoms with Crippen LogP contribution in [0, 0.1) is 17.3 Å². The lowest BCUT2D eigenvalue weighted by molar-refractivity contribution is -0.301. The van der Waals surface area contributed by atoms with Gasteiger partial charge in [0.15, 0.2) is 17.7 Å². The molecule has 5 aliphatic heterocycles. The summed E-state index contributed by atoms with van der Waals surface area (Å²) in [7, 11) is 3.87. The molecule has 0 unspecified atom stereocenters. The number of rotatable bonds is 7. The number of ether oxygens (including phenoxy) is 5. The molecule has 1 amide bonds. The summed E-state index contributed by atoms with van der Waals surface area (Å²) in [5.74, 6) is -1.77. The number of nitrogens with zero attached hydrogens (tertiary/aromatic N) is 1. The maximum Gasteiger partial charge on any atom is 0.408 e. The largest absolute Gasteiger partial charge is 0.457 e. The summed E-state index contributed by atoms with van der Waals surface area (Å²) < 4.78 is 31.9. The highest BCUT2D eigenvalue weighted by molar-refractivity contribution is 6.04. The number of esters is 1. The highest BCUT2D eigenvalue weighted by Crippen LogP contribution is 2.43. The Bertz CT molecular complexity index is 1190. The molecule has 0 aromatic rings. The van der Waals surface area contributed by atoms with Gasteiger partial charge in [0.2, 0.25) is 0 Å². The van der Waals surface area contributed by atoms with E-state index in [1.54, 1.807) is 20.8 Å². The van der Waals surface area contributed by atoms with Crippen LogP contribution in [-0.2, 0) is 33.3 Å². The summed E-state index contributed by atoms with van der Waals surface area (Å²) in [6.45, 7) is 14.4. The van der Waals surface area contributed by atoms with Crippen LogP contribution in [0.5, 0.6) is 0 Å². The molecule has 0 spiro atoms. The van der Waals surface area contributed by atoms with Crippen LogP contribution < -0.4 is 16.0 Å². The van der Waals surface area contributed by atoms with E-state index in [1.807, 2.05) is 39.8 Å². The summed E-state index contributed by atoms with van der Waals surface area (Å²) in [5.41, 5.74) is -3.68. The summed E-state index contributed by atoms with van der Waals surface area (Å²) in [4.78, 5) is 43.4. The van der Waals surface area contributed by atoms with Gasteiger partial charge in [-0.05, 0) is 92.8 Å². The first-order chi connectivity index (χ1) is 22.5. The Balaban J connectivity index is 1.50. The number of hydrogen-bond acceptors (Lipinski definition) is 12. The van der Waals surface area contributed by atoms with Crippen LogP contribution in [-0.4, -0.2) is 128 Å². The van der Waals surface area contributed by atoms with Gasteiger partial charge in [0.1, 0.15) is 17.6 Å². The molecule has 0 aromatic carbocycles. The number of Topliss-reactive ketones (excluding diaryl/α,β-unsaturated/α-hetero) is 1. The number of carbonyl (C=O) groups is 3. The molecule has 6 fully saturated rings. The van der Waals surface area contributed by atoms with E-state index < -0.39 is 65.2 Å². The van der Waals surface area contributed by atoms with Gasteiger partial charge in [0, 0.05) is 37.2 Å². The average molecular weight is 681 g/mol. The lowest BCUT2D eigenvalue weighted by Crippen LogP contribution is -2.62. The fourth-order valence-corrected chi connectivity index (χ4v) is 8.49. The van der Waals surface area contributed by atoms with Gasteiger partial charge in [-0.3, -0.25) is 9.59 Å². The third kappa shape index (κ3) is 7.43. The van der Waals surface area contributed by atoms with Crippen LogP contribution in [0.2, 0.25) is 0 Å². The molecule has 6 aliphatic rings. The summed E-state index contributed by atoms with van der Waals surface area (Å²) >= 11 is 0. The Morgan fingerprint density at radius 3 is 2.46 bits per heavy atom. The third-order valence-corrected chi connectivity index (χ3v) is 11.7. The maximum absolute atomic E-state index is 14.6. The zero-order valence-electron chi connectivity index (χ0n) is 30.4. The molecule has 6 rings (SSSR count). The molecule has 13 nitrogen and oxygen atoms in total. The van der Waals surface area contributed by atoms with Crippen molar-refractivity contribution in [3.05, 3.63) is 0 Å². The van der Waals surface area contributed by atoms with Crippen molar-refractivity contribution in [3.63, 3.8) is 0 Å². The minimum Gasteiger partial charge on any atom is -0.457 e. The molecule has 2 bridgehead atoms. The number of ketones is 1. The van der Waals surface area contributed by atoms with Gasteiger partial charge < -0.3 is 49.6 Å². The van der Waals surface area contributed by atoms with Crippen molar-refractivity contribution in [2.45, 2.75) is 153 Å². The van der Waals surface area contributed by atoms with Crippen molar-refractivity contribution in [2.75, 3.05) is 33.8 Å². The Labute approximate surface area is 285 Å². The first-order valence-corrected chi connectivity index (χ1v) is 18.0. The fraction of sp³-hybridized carbons (Fsp3) is 0.914. The zero-order valence-corrected chi connectivity index (χ0v) is 30.4. The van der Waals surface area contributed by atoms with Crippen molar-refractivity contribution in [1.29, 1.82) is 0 Å². The smallest absolute Gasteiger partial charge is 0.408 e.